The van der Waals surface area contributed by atoms with Gasteiger partial charge in [0.2, 0.25) is 0 Å². The molecule has 7 heteroatoms. The van der Waals surface area contributed by atoms with Crippen LogP contribution in [0, 0.1) is 7.14 Å². The monoisotopic (exact) mass is 587 g/mol. The third kappa shape index (κ3) is 4.45. The molecule has 0 amide bonds. The number of halogens is 3. The Hall–Kier alpha value is -0.450. The first kappa shape index (κ1) is 20.9. The predicted molar refractivity (Wildman–Crippen MR) is 118 cm³/mol. The quantitative estimate of drug-likeness (QED) is 0.519. The molecule has 2 aromatic rings. The molecule has 2 N–H and O–H groups in total. The molecule has 0 radical (unpaired) electrons. The van der Waals surface area contributed by atoms with Crippen molar-refractivity contribution in [1.29, 1.82) is 0 Å². The lowest BCUT2D eigenvalue weighted by Crippen LogP contribution is -2.31. The molecule has 0 aliphatic carbocycles. The van der Waals surface area contributed by atoms with Crippen LogP contribution in [0.1, 0.15) is 22.7 Å². The maximum atomic E-state index is 10.1. The van der Waals surface area contributed by atoms with Crippen LogP contribution in [0.5, 0.6) is 17.2 Å². The lowest BCUT2D eigenvalue weighted by atomic mass is 9.90. The topological polar surface area (TPSA) is 50.7 Å². The molecule has 3 rings (SSSR count). The minimum atomic E-state index is 0. The summed E-state index contributed by atoms with van der Waals surface area (Å²) in [5, 5.41) is 13.7. The van der Waals surface area contributed by atoms with Gasteiger partial charge in [0.1, 0.15) is 5.75 Å². The number of fused-ring (bicyclic) bond motifs is 1. The minimum Gasteiger partial charge on any atom is -0.504 e. The number of aromatic hydroxyl groups is 1. The van der Waals surface area contributed by atoms with Gasteiger partial charge >= 0.3 is 0 Å². The van der Waals surface area contributed by atoms with Crippen molar-refractivity contribution >= 4 is 57.6 Å². The highest BCUT2D eigenvalue weighted by atomic mass is 127. The van der Waals surface area contributed by atoms with Crippen molar-refractivity contribution in [3.63, 3.8) is 0 Å². The Labute approximate surface area is 181 Å². The number of phenols is 1. The van der Waals surface area contributed by atoms with E-state index in [4.69, 9.17) is 9.47 Å². The molecule has 0 saturated carbocycles. The van der Waals surface area contributed by atoms with Crippen molar-refractivity contribution in [2.24, 2.45) is 0 Å². The normalized spacial score (nSPS) is 15.9. The van der Waals surface area contributed by atoms with Gasteiger partial charge in [0.25, 0.3) is 0 Å². The Bertz CT molecular complexity index is 747. The highest BCUT2D eigenvalue weighted by molar-refractivity contribution is 14.1. The Morgan fingerprint density at radius 2 is 1.80 bits per heavy atom. The fourth-order valence-corrected chi connectivity index (χ4v) is 5.50. The van der Waals surface area contributed by atoms with Crippen molar-refractivity contribution < 1.29 is 14.6 Å². The van der Waals surface area contributed by atoms with Crippen LogP contribution in [0.15, 0.2) is 24.3 Å². The van der Waals surface area contributed by atoms with Crippen LogP contribution >= 0.6 is 57.6 Å². The number of methoxy groups -OCH3 is 2. The van der Waals surface area contributed by atoms with Gasteiger partial charge in [-0.15, -0.1) is 12.4 Å². The maximum absolute atomic E-state index is 10.1. The Morgan fingerprint density at radius 3 is 2.40 bits per heavy atom. The van der Waals surface area contributed by atoms with E-state index in [0.29, 0.717) is 5.75 Å². The van der Waals surface area contributed by atoms with E-state index >= 15 is 0 Å². The zero-order valence-electron chi connectivity index (χ0n) is 13.9. The van der Waals surface area contributed by atoms with E-state index in [1.54, 1.807) is 14.2 Å². The number of nitrogens with one attached hydrogen (secondary N) is 1. The predicted octanol–water partition coefficient (Wildman–Crippen LogP) is 4.47. The second kappa shape index (κ2) is 8.96. The number of phenolic OH excluding ortho intramolecular Hbond substituents is 1. The molecule has 4 nitrogen and oxygen atoms in total. The number of ether oxygens (including phenoxy) is 2. The van der Waals surface area contributed by atoms with Crippen LogP contribution in [0.2, 0.25) is 0 Å². The van der Waals surface area contributed by atoms with Crippen molar-refractivity contribution in [3.8, 4) is 17.2 Å². The first-order chi connectivity index (χ1) is 11.5. The molecule has 1 aliphatic heterocycles. The third-order valence-electron chi connectivity index (χ3n) is 4.30. The number of rotatable bonds is 4. The van der Waals surface area contributed by atoms with E-state index in [-0.39, 0.29) is 24.2 Å². The first-order valence-corrected chi connectivity index (χ1v) is 9.84. The molecule has 1 unspecified atom stereocenters. The maximum Gasteiger partial charge on any atom is 0.160 e. The van der Waals surface area contributed by atoms with Gasteiger partial charge in [-0.1, -0.05) is 0 Å². The van der Waals surface area contributed by atoms with E-state index in [2.05, 4.69) is 62.6 Å². The van der Waals surface area contributed by atoms with Crippen molar-refractivity contribution in [2.45, 2.75) is 18.9 Å². The Morgan fingerprint density at radius 1 is 1.12 bits per heavy atom. The fourth-order valence-electron chi connectivity index (χ4n) is 3.17. The molecule has 1 heterocycles. The van der Waals surface area contributed by atoms with Crippen molar-refractivity contribution in [3.05, 3.63) is 48.1 Å². The van der Waals surface area contributed by atoms with Crippen LogP contribution in [0.3, 0.4) is 0 Å². The smallest absolute Gasteiger partial charge is 0.160 e. The van der Waals surface area contributed by atoms with Crippen LogP contribution in [-0.4, -0.2) is 25.9 Å². The zero-order chi connectivity index (χ0) is 17.3. The summed E-state index contributed by atoms with van der Waals surface area (Å²) in [6, 6.07) is 8.32. The largest absolute Gasteiger partial charge is 0.504 e. The van der Waals surface area contributed by atoms with Crippen molar-refractivity contribution in [2.75, 3.05) is 20.8 Å². The molecule has 136 valence electrons. The zero-order valence-corrected chi connectivity index (χ0v) is 19.1. The van der Waals surface area contributed by atoms with Crippen LogP contribution in [0.25, 0.3) is 0 Å². The van der Waals surface area contributed by atoms with E-state index in [1.807, 2.05) is 12.1 Å². The van der Waals surface area contributed by atoms with Crippen LogP contribution in [0.4, 0.5) is 0 Å². The second-order valence-corrected chi connectivity index (χ2v) is 8.10. The molecule has 25 heavy (non-hydrogen) atoms. The van der Waals surface area contributed by atoms with Gasteiger partial charge in [0.15, 0.2) is 11.5 Å². The van der Waals surface area contributed by atoms with E-state index in [9.17, 15) is 5.11 Å². The minimum absolute atomic E-state index is 0. The molecular formula is C18H20ClI2NO3. The average Bonchev–Trinajstić information content (AvgIpc) is 2.54. The second-order valence-electron chi connectivity index (χ2n) is 5.78. The molecule has 1 aliphatic rings. The molecule has 1 atom stereocenters. The highest BCUT2D eigenvalue weighted by Gasteiger charge is 2.23. The van der Waals surface area contributed by atoms with E-state index in [1.165, 1.54) is 11.1 Å². The lowest BCUT2D eigenvalue weighted by molar-refractivity contribution is 0.370. The molecule has 0 saturated heterocycles. The number of hydrogen-bond donors (Lipinski definition) is 2. The molecule has 2 aromatic carbocycles. The summed E-state index contributed by atoms with van der Waals surface area (Å²) in [7, 11) is 3.29. The Kier molecular flexibility index (Phi) is 7.48. The van der Waals surface area contributed by atoms with Crippen molar-refractivity contribution in [1.82, 2.24) is 5.32 Å². The summed E-state index contributed by atoms with van der Waals surface area (Å²) < 4.78 is 12.9. The van der Waals surface area contributed by atoms with Crippen LogP contribution < -0.4 is 14.8 Å². The molecular weight excluding hydrogens is 567 g/mol. The first-order valence-electron chi connectivity index (χ1n) is 7.68. The van der Waals surface area contributed by atoms with E-state index < -0.39 is 0 Å². The Balaban J connectivity index is 0.00000225. The summed E-state index contributed by atoms with van der Waals surface area (Å²) in [5.41, 5.74) is 3.65. The summed E-state index contributed by atoms with van der Waals surface area (Å²) in [6.07, 6.45) is 1.81. The van der Waals surface area contributed by atoms with Gasteiger partial charge in [0, 0.05) is 6.04 Å². The van der Waals surface area contributed by atoms with Gasteiger partial charge in [-0.3, -0.25) is 0 Å². The summed E-state index contributed by atoms with van der Waals surface area (Å²) in [6.45, 7) is 0.927. The highest BCUT2D eigenvalue weighted by Crippen LogP contribution is 2.36. The SMILES string of the molecule is COc1cc2c(cc1O)C(Cc1cc(I)c(OC)c(I)c1)NCC2.Cl. The van der Waals surface area contributed by atoms with Crippen LogP contribution in [-0.2, 0) is 12.8 Å². The molecule has 0 bridgehead atoms. The van der Waals surface area contributed by atoms with Gasteiger partial charge in [-0.05, 0) is 106 Å². The lowest BCUT2D eigenvalue weighted by Gasteiger charge is -2.28. The number of hydrogen-bond acceptors (Lipinski definition) is 4. The molecule has 0 aromatic heterocycles. The standard InChI is InChI=1S/C18H19I2NO3.ClH/c1-23-17-8-11-3-4-21-15(12(11)9-16(17)22)7-10-5-13(19)18(24-2)14(20)6-10;/h5-6,8-9,15,21-22H,3-4,7H2,1-2H3;1H. The average molecular weight is 588 g/mol. The summed E-state index contributed by atoms with van der Waals surface area (Å²) in [4.78, 5) is 0. The van der Waals surface area contributed by atoms with Gasteiger partial charge in [0.05, 0.1) is 21.4 Å². The molecule has 0 spiro atoms. The fraction of sp³-hybridized carbons (Fsp3) is 0.333. The van der Waals surface area contributed by atoms with Gasteiger partial charge < -0.3 is 19.9 Å². The molecule has 0 fully saturated rings. The number of benzene rings is 2. The van der Waals surface area contributed by atoms with E-state index in [0.717, 1.165) is 37.8 Å². The third-order valence-corrected chi connectivity index (χ3v) is 5.91. The van der Waals surface area contributed by atoms with Gasteiger partial charge in [-0.2, -0.15) is 0 Å². The summed E-state index contributed by atoms with van der Waals surface area (Å²) >= 11 is 4.63. The summed E-state index contributed by atoms with van der Waals surface area (Å²) in [5.74, 6) is 1.67. The van der Waals surface area contributed by atoms with Gasteiger partial charge in [-0.25, -0.2) is 0 Å².